The van der Waals surface area contributed by atoms with Crippen molar-refractivity contribution in [2.24, 2.45) is 11.1 Å². The molecule has 68 valence electrons. The predicted molar refractivity (Wildman–Crippen MR) is 43.8 cm³/mol. The second-order valence-corrected chi connectivity index (χ2v) is 3.29. The second kappa shape index (κ2) is 4.18. The minimum absolute atomic E-state index is 0.0197. The zero-order valence-electron chi connectivity index (χ0n) is 6.90. The molecule has 0 heterocycles. The van der Waals surface area contributed by atoms with Gasteiger partial charge in [0.05, 0.1) is 0 Å². The van der Waals surface area contributed by atoms with Crippen LogP contribution in [0.5, 0.6) is 0 Å². The number of nitroso groups, excluding NO2 is 1. The summed E-state index contributed by atoms with van der Waals surface area (Å²) in [5.74, 6) is -1.09. The summed E-state index contributed by atoms with van der Waals surface area (Å²) in [6.07, 6.45) is 4.89. The van der Waals surface area contributed by atoms with Crippen molar-refractivity contribution in [1.29, 1.82) is 0 Å². The van der Waals surface area contributed by atoms with Crippen molar-refractivity contribution >= 4 is 5.97 Å². The van der Waals surface area contributed by atoms with Gasteiger partial charge < -0.3 is 5.11 Å². The highest BCUT2D eigenvalue weighted by Gasteiger charge is 2.30. The van der Waals surface area contributed by atoms with Crippen LogP contribution in [0.4, 0.5) is 0 Å². The van der Waals surface area contributed by atoms with Crippen LogP contribution in [-0.4, -0.2) is 17.1 Å². The summed E-state index contributed by atoms with van der Waals surface area (Å²) in [4.78, 5) is 20.8. The quantitative estimate of drug-likeness (QED) is 0.658. The monoisotopic (exact) mass is 171 g/mol. The lowest BCUT2D eigenvalue weighted by Crippen LogP contribution is -2.28. The number of hydrogen-bond donors (Lipinski definition) is 1. The molecule has 0 spiro atoms. The molecule has 0 amide bonds. The van der Waals surface area contributed by atoms with Crippen molar-refractivity contribution in [3.05, 3.63) is 4.91 Å². The van der Waals surface area contributed by atoms with Gasteiger partial charge in [0.15, 0.2) is 6.04 Å². The summed E-state index contributed by atoms with van der Waals surface area (Å²) >= 11 is 0. The molecule has 0 aliphatic heterocycles. The molecule has 1 fully saturated rings. The van der Waals surface area contributed by atoms with Crippen molar-refractivity contribution in [2.75, 3.05) is 0 Å². The average molecular weight is 171 g/mol. The van der Waals surface area contributed by atoms with Gasteiger partial charge in [0.2, 0.25) is 0 Å². The van der Waals surface area contributed by atoms with E-state index in [0.29, 0.717) is 0 Å². The third-order valence-corrected chi connectivity index (χ3v) is 2.46. The lowest BCUT2D eigenvalue weighted by atomic mass is 9.84. The molecule has 0 aromatic heterocycles. The zero-order valence-corrected chi connectivity index (χ0v) is 6.90. The number of rotatable bonds is 3. The van der Waals surface area contributed by atoms with E-state index in [9.17, 15) is 9.70 Å². The highest BCUT2D eigenvalue weighted by Crippen LogP contribution is 2.27. The van der Waals surface area contributed by atoms with Crippen molar-refractivity contribution < 1.29 is 9.90 Å². The Bertz CT molecular complexity index is 175. The molecule has 1 atom stereocenters. The van der Waals surface area contributed by atoms with Crippen molar-refractivity contribution in [2.45, 2.75) is 38.1 Å². The van der Waals surface area contributed by atoms with E-state index in [-0.39, 0.29) is 5.92 Å². The Balaban J connectivity index is 2.51. The van der Waals surface area contributed by atoms with Gasteiger partial charge in [-0.1, -0.05) is 24.4 Å². The third-order valence-electron chi connectivity index (χ3n) is 2.46. The molecule has 0 radical (unpaired) electrons. The maximum absolute atomic E-state index is 10.5. The van der Waals surface area contributed by atoms with Crippen LogP contribution in [0.25, 0.3) is 0 Å². The van der Waals surface area contributed by atoms with Gasteiger partial charge in [-0.2, -0.15) is 0 Å². The molecule has 1 N–H and O–H groups in total. The fraction of sp³-hybridized carbons (Fsp3) is 0.875. The molecule has 0 bridgehead atoms. The van der Waals surface area contributed by atoms with E-state index in [4.69, 9.17) is 5.11 Å². The summed E-state index contributed by atoms with van der Waals surface area (Å²) < 4.78 is 0. The largest absolute Gasteiger partial charge is 0.480 e. The Morgan fingerprint density at radius 1 is 1.33 bits per heavy atom. The predicted octanol–water partition coefficient (Wildman–Crippen LogP) is 1.79. The molecule has 1 unspecified atom stereocenters. The molecule has 0 aromatic carbocycles. The molecule has 1 rings (SSSR count). The molecule has 0 aromatic rings. The van der Waals surface area contributed by atoms with Crippen LogP contribution < -0.4 is 0 Å². The highest BCUT2D eigenvalue weighted by molar-refractivity contribution is 5.74. The van der Waals surface area contributed by atoms with Gasteiger partial charge >= 0.3 is 5.97 Å². The summed E-state index contributed by atoms with van der Waals surface area (Å²) in [5, 5.41) is 11.3. The van der Waals surface area contributed by atoms with Crippen LogP contribution in [0.3, 0.4) is 0 Å². The lowest BCUT2D eigenvalue weighted by molar-refractivity contribution is -0.140. The first-order valence-electron chi connectivity index (χ1n) is 4.31. The van der Waals surface area contributed by atoms with Crippen LogP contribution in [0.1, 0.15) is 32.1 Å². The van der Waals surface area contributed by atoms with Crippen molar-refractivity contribution in [3.8, 4) is 0 Å². The highest BCUT2D eigenvalue weighted by atomic mass is 16.4. The Kier molecular flexibility index (Phi) is 3.19. The molecule has 4 nitrogen and oxygen atoms in total. The van der Waals surface area contributed by atoms with Gasteiger partial charge in [0, 0.05) is 0 Å². The second-order valence-electron chi connectivity index (χ2n) is 3.29. The van der Waals surface area contributed by atoms with E-state index >= 15 is 0 Å². The normalized spacial score (nSPS) is 21.7. The molecule has 1 aliphatic rings. The lowest BCUT2D eigenvalue weighted by Gasteiger charge is -2.22. The molecule has 0 saturated heterocycles. The van der Waals surface area contributed by atoms with Crippen LogP contribution in [-0.2, 0) is 4.79 Å². The minimum Gasteiger partial charge on any atom is -0.480 e. The third kappa shape index (κ3) is 2.03. The summed E-state index contributed by atoms with van der Waals surface area (Å²) in [5.41, 5.74) is 0. The maximum Gasteiger partial charge on any atom is 0.332 e. The number of aliphatic carboxylic acids is 1. The van der Waals surface area contributed by atoms with E-state index in [0.717, 1.165) is 32.1 Å². The number of nitrogens with zero attached hydrogens (tertiary/aromatic N) is 1. The number of carbonyl (C=O) groups is 1. The van der Waals surface area contributed by atoms with E-state index < -0.39 is 12.0 Å². The van der Waals surface area contributed by atoms with E-state index in [1.807, 2.05) is 0 Å². The fourth-order valence-corrected chi connectivity index (χ4v) is 1.78. The topological polar surface area (TPSA) is 66.7 Å². The Morgan fingerprint density at radius 2 is 1.92 bits per heavy atom. The fourth-order valence-electron chi connectivity index (χ4n) is 1.78. The minimum atomic E-state index is -1.07. The zero-order chi connectivity index (χ0) is 8.97. The molecule has 1 saturated carbocycles. The van der Waals surface area contributed by atoms with Gasteiger partial charge in [-0.3, -0.25) is 0 Å². The van der Waals surface area contributed by atoms with E-state index in [1.54, 1.807) is 0 Å². The van der Waals surface area contributed by atoms with Gasteiger partial charge in [-0.25, -0.2) is 4.79 Å². The molecule has 12 heavy (non-hydrogen) atoms. The number of carboxylic acid groups (broad SMARTS) is 1. The van der Waals surface area contributed by atoms with Crippen molar-refractivity contribution in [1.82, 2.24) is 0 Å². The van der Waals surface area contributed by atoms with Crippen LogP contribution in [0.2, 0.25) is 0 Å². The average Bonchev–Trinajstić information content (AvgIpc) is 2.07. The first-order chi connectivity index (χ1) is 5.75. The van der Waals surface area contributed by atoms with Crippen molar-refractivity contribution in [3.63, 3.8) is 0 Å². The van der Waals surface area contributed by atoms with Gasteiger partial charge in [0.25, 0.3) is 0 Å². The van der Waals surface area contributed by atoms with E-state index in [1.165, 1.54) is 0 Å². The first kappa shape index (κ1) is 9.16. The summed E-state index contributed by atoms with van der Waals surface area (Å²) in [7, 11) is 0. The van der Waals surface area contributed by atoms with Crippen LogP contribution in [0.15, 0.2) is 5.18 Å². The molecular weight excluding hydrogens is 158 g/mol. The number of carboxylic acids is 1. The van der Waals surface area contributed by atoms with Gasteiger partial charge in [0.1, 0.15) is 0 Å². The van der Waals surface area contributed by atoms with Crippen LogP contribution >= 0.6 is 0 Å². The SMILES string of the molecule is O=NC(C(=O)O)C1CCCCC1. The standard InChI is InChI=1S/C8H13NO3/c10-8(11)7(9-12)6-4-2-1-3-5-6/h6-7H,1-5H2,(H,10,11). The molecule has 4 heteroatoms. The Hall–Kier alpha value is -0.930. The maximum atomic E-state index is 10.5. The summed E-state index contributed by atoms with van der Waals surface area (Å²) in [6.45, 7) is 0. The number of hydrogen-bond acceptors (Lipinski definition) is 3. The molecular formula is C8H13NO3. The van der Waals surface area contributed by atoms with E-state index in [2.05, 4.69) is 5.18 Å². The first-order valence-corrected chi connectivity index (χ1v) is 4.31. The Morgan fingerprint density at radius 3 is 2.33 bits per heavy atom. The van der Waals surface area contributed by atoms with Crippen LogP contribution in [0, 0.1) is 10.8 Å². The molecule has 1 aliphatic carbocycles. The van der Waals surface area contributed by atoms with Gasteiger partial charge in [-0.05, 0) is 18.8 Å². The Labute approximate surface area is 70.9 Å². The smallest absolute Gasteiger partial charge is 0.332 e. The van der Waals surface area contributed by atoms with Gasteiger partial charge in [-0.15, -0.1) is 4.91 Å². The summed E-state index contributed by atoms with van der Waals surface area (Å²) in [6, 6.07) is -1.01.